The van der Waals surface area contributed by atoms with Gasteiger partial charge < -0.3 is 9.88 Å². The second-order valence-electron chi connectivity index (χ2n) is 7.92. The van der Waals surface area contributed by atoms with Crippen LogP contribution in [-0.4, -0.2) is 20.7 Å². The lowest BCUT2D eigenvalue weighted by atomic mass is 10.0. The van der Waals surface area contributed by atoms with Crippen molar-refractivity contribution in [1.82, 2.24) is 14.8 Å². The molecule has 0 unspecified atom stereocenters. The van der Waals surface area contributed by atoms with Crippen LogP contribution in [0.2, 0.25) is 0 Å². The van der Waals surface area contributed by atoms with Crippen LogP contribution in [0.15, 0.2) is 65.6 Å². The standard InChI is InChI=1S/C24H22N4O2/c1-15-7-10-18-21(11-15)28(13-19(24(18)30)16-5-3-2-4-6-16)14-23(29)25-22-12-20(26-27-22)17-8-9-17/h2-7,10-13,17H,8-9,14H2,1H3,(H2,25,26,27,29). The van der Waals surface area contributed by atoms with Gasteiger partial charge in [0.1, 0.15) is 12.4 Å². The molecule has 1 amide bonds. The number of carbonyl (C=O) groups excluding carboxylic acids is 1. The maximum absolute atomic E-state index is 13.1. The van der Waals surface area contributed by atoms with Gasteiger partial charge in [0.05, 0.1) is 11.2 Å². The zero-order valence-electron chi connectivity index (χ0n) is 16.7. The van der Waals surface area contributed by atoms with Crippen LogP contribution in [0.5, 0.6) is 0 Å². The second kappa shape index (κ2) is 7.30. The fourth-order valence-electron chi connectivity index (χ4n) is 3.79. The van der Waals surface area contributed by atoms with E-state index in [1.807, 2.05) is 66.1 Å². The van der Waals surface area contributed by atoms with Crippen LogP contribution in [0, 0.1) is 6.92 Å². The fraction of sp³-hybridized carbons (Fsp3) is 0.208. The minimum absolute atomic E-state index is 0.0319. The minimum Gasteiger partial charge on any atom is -0.337 e. The number of H-pyrrole nitrogens is 1. The van der Waals surface area contributed by atoms with Crippen molar-refractivity contribution in [3.8, 4) is 11.1 Å². The van der Waals surface area contributed by atoms with E-state index >= 15 is 0 Å². The molecule has 0 atom stereocenters. The lowest BCUT2D eigenvalue weighted by Gasteiger charge is -2.14. The molecule has 30 heavy (non-hydrogen) atoms. The molecule has 1 aliphatic rings. The molecule has 0 spiro atoms. The molecule has 6 nitrogen and oxygen atoms in total. The third kappa shape index (κ3) is 3.52. The molecule has 1 fully saturated rings. The molecule has 0 bridgehead atoms. The van der Waals surface area contributed by atoms with Gasteiger partial charge in [0.2, 0.25) is 5.91 Å². The molecule has 1 saturated carbocycles. The number of nitrogens with one attached hydrogen (secondary N) is 2. The van der Waals surface area contributed by atoms with Crippen LogP contribution in [0.4, 0.5) is 5.82 Å². The van der Waals surface area contributed by atoms with Crippen LogP contribution in [0.3, 0.4) is 0 Å². The third-order valence-electron chi connectivity index (χ3n) is 5.50. The fourth-order valence-corrected chi connectivity index (χ4v) is 3.79. The molecule has 1 aliphatic carbocycles. The van der Waals surface area contributed by atoms with E-state index in [4.69, 9.17) is 0 Å². The topological polar surface area (TPSA) is 79.8 Å². The first-order chi connectivity index (χ1) is 14.6. The number of benzene rings is 2. The number of pyridine rings is 1. The predicted octanol–water partition coefficient (Wildman–Crippen LogP) is 4.22. The van der Waals surface area contributed by atoms with E-state index in [-0.39, 0.29) is 17.9 Å². The summed E-state index contributed by atoms with van der Waals surface area (Å²) >= 11 is 0. The number of rotatable bonds is 5. The molecule has 2 heterocycles. The smallest absolute Gasteiger partial charge is 0.245 e. The molecule has 0 aliphatic heterocycles. The molecule has 5 rings (SSSR count). The highest BCUT2D eigenvalue weighted by Gasteiger charge is 2.26. The van der Waals surface area contributed by atoms with Gasteiger partial charge in [-0.05, 0) is 43.0 Å². The van der Waals surface area contributed by atoms with Gasteiger partial charge in [-0.3, -0.25) is 14.7 Å². The van der Waals surface area contributed by atoms with Gasteiger partial charge >= 0.3 is 0 Å². The number of amides is 1. The van der Waals surface area contributed by atoms with Gasteiger partial charge in [-0.1, -0.05) is 36.4 Å². The van der Waals surface area contributed by atoms with Crippen LogP contribution in [-0.2, 0) is 11.3 Å². The molecule has 2 N–H and O–H groups in total. The van der Waals surface area contributed by atoms with E-state index in [1.54, 1.807) is 6.20 Å². The Kier molecular flexibility index (Phi) is 4.47. The van der Waals surface area contributed by atoms with E-state index in [0.29, 0.717) is 22.7 Å². The summed E-state index contributed by atoms with van der Waals surface area (Å²) in [4.78, 5) is 25.9. The number of hydrogen-bond acceptors (Lipinski definition) is 3. The van der Waals surface area contributed by atoms with Crippen molar-refractivity contribution in [2.45, 2.75) is 32.2 Å². The zero-order chi connectivity index (χ0) is 20.7. The summed E-state index contributed by atoms with van der Waals surface area (Å²) in [7, 11) is 0. The van der Waals surface area contributed by atoms with Crippen LogP contribution < -0.4 is 10.7 Å². The number of aryl methyl sites for hydroxylation is 1. The monoisotopic (exact) mass is 398 g/mol. The number of aromatic amines is 1. The Labute approximate surface area is 173 Å². The molecule has 0 radical (unpaired) electrons. The van der Waals surface area contributed by atoms with Crippen molar-refractivity contribution in [3.63, 3.8) is 0 Å². The van der Waals surface area contributed by atoms with Crippen LogP contribution in [0.1, 0.15) is 30.0 Å². The Morgan fingerprint density at radius 1 is 1.17 bits per heavy atom. The summed E-state index contributed by atoms with van der Waals surface area (Å²) in [5.74, 6) is 0.949. The van der Waals surface area contributed by atoms with Gasteiger partial charge in [0.15, 0.2) is 5.43 Å². The SMILES string of the molecule is Cc1ccc2c(=O)c(-c3ccccc3)cn(CC(=O)Nc3cc(C4CC4)n[nH]3)c2c1. The quantitative estimate of drug-likeness (QED) is 0.528. The highest BCUT2D eigenvalue weighted by Crippen LogP contribution is 2.39. The van der Waals surface area contributed by atoms with Gasteiger partial charge in [0.25, 0.3) is 0 Å². The Balaban J connectivity index is 1.51. The summed E-state index contributed by atoms with van der Waals surface area (Å²) in [5, 5.41) is 10.7. The molecule has 2 aromatic heterocycles. The summed E-state index contributed by atoms with van der Waals surface area (Å²) in [6, 6.07) is 17.1. The highest BCUT2D eigenvalue weighted by atomic mass is 16.2. The summed E-state index contributed by atoms with van der Waals surface area (Å²) in [6.45, 7) is 2.07. The van der Waals surface area contributed by atoms with Crippen molar-refractivity contribution < 1.29 is 4.79 Å². The van der Waals surface area contributed by atoms with Crippen molar-refractivity contribution >= 4 is 22.6 Å². The van der Waals surface area contributed by atoms with E-state index in [2.05, 4.69) is 15.5 Å². The molecular formula is C24H22N4O2. The normalized spacial score (nSPS) is 13.5. The van der Waals surface area contributed by atoms with Gasteiger partial charge in [-0.15, -0.1) is 0 Å². The van der Waals surface area contributed by atoms with Crippen molar-refractivity contribution in [3.05, 3.63) is 82.3 Å². The summed E-state index contributed by atoms with van der Waals surface area (Å²) < 4.78 is 1.85. The Hall–Kier alpha value is -3.67. The summed E-state index contributed by atoms with van der Waals surface area (Å²) in [5.41, 5.74) is 4.17. The maximum atomic E-state index is 13.1. The molecular weight excluding hydrogens is 376 g/mol. The summed E-state index contributed by atoms with van der Waals surface area (Å²) in [6.07, 6.45) is 4.09. The molecule has 2 aromatic carbocycles. The highest BCUT2D eigenvalue weighted by molar-refractivity contribution is 5.92. The van der Waals surface area contributed by atoms with Gasteiger partial charge in [-0.2, -0.15) is 5.10 Å². The average molecular weight is 398 g/mol. The lowest BCUT2D eigenvalue weighted by Crippen LogP contribution is -2.21. The number of hydrogen-bond donors (Lipinski definition) is 2. The zero-order valence-corrected chi connectivity index (χ0v) is 16.7. The number of aromatic nitrogens is 3. The van der Waals surface area contributed by atoms with Gasteiger partial charge in [-0.25, -0.2) is 0 Å². The van der Waals surface area contributed by atoms with Crippen LogP contribution in [0.25, 0.3) is 22.0 Å². The average Bonchev–Trinajstić information content (AvgIpc) is 3.50. The van der Waals surface area contributed by atoms with Crippen LogP contribution >= 0.6 is 0 Å². The number of fused-ring (bicyclic) bond motifs is 1. The Bertz CT molecular complexity index is 1300. The Morgan fingerprint density at radius 3 is 2.73 bits per heavy atom. The number of carbonyl (C=O) groups is 1. The Morgan fingerprint density at radius 2 is 1.97 bits per heavy atom. The predicted molar refractivity (Wildman–Crippen MR) is 118 cm³/mol. The molecule has 150 valence electrons. The minimum atomic E-state index is -0.175. The van der Waals surface area contributed by atoms with E-state index < -0.39 is 0 Å². The lowest BCUT2D eigenvalue weighted by molar-refractivity contribution is -0.116. The van der Waals surface area contributed by atoms with Crippen molar-refractivity contribution in [2.24, 2.45) is 0 Å². The molecule has 0 saturated heterocycles. The van der Waals surface area contributed by atoms with Gasteiger partial charge in [0, 0.05) is 29.1 Å². The van der Waals surface area contributed by atoms with Crippen molar-refractivity contribution in [1.29, 1.82) is 0 Å². The molecule has 4 aromatic rings. The third-order valence-corrected chi connectivity index (χ3v) is 5.50. The first-order valence-corrected chi connectivity index (χ1v) is 10.1. The van der Waals surface area contributed by atoms with E-state index in [0.717, 1.165) is 35.2 Å². The van der Waals surface area contributed by atoms with Crippen molar-refractivity contribution in [2.75, 3.05) is 5.32 Å². The van der Waals surface area contributed by atoms with E-state index in [1.165, 1.54) is 0 Å². The number of nitrogens with zero attached hydrogens (tertiary/aromatic N) is 2. The van der Waals surface area contributed by atoms with E-state index in [9.17, 15) is 9.59 Å². The second-order valence-corrected chi connectivity index (χ2v) is 7.92. The first kappa shape index (κ1) is 18.4. The first-order valence-electron chi connectivity index (χ1n) is 10.1. The molecule has 6 heteroatoms. The number of anilines is 1. The largest absolute Gasteiger partial charge is 0.337 e. The maximum Gasteiger partial charge on any atom is 0.245 e.